The van der Waals surface area contributed by atoms with Gasteiger partial charge in [-0.15, -0.1) is 0 Å². The predicted molar refractivity (Wildman–Crippen MR) is 38.6 cm³/mol. The zero-order chi connectivity index (χ0) is 8.27. The van der Waals surface area contributed by atoms with Gasteiger partial charge in [-0.25, -0.2) is 4.79 Å². The van der Waals surface area contributed by atoms with Crippen LogP contribution in [0.15, 0.2) is 4.99 Å². The zero-order valence-electron chi connectivity index (χ0n) is 5.97. The summed E-state index contributed by atoms with van der Waals surface area (Å²) in [6.45, 7) is 1.51. The van der Waals surface area contributed by atoms with E-state index in [1.165, 1.54) is 0 Å². The van der Waals surface area contributed by atoms with E-state index in [1.54, 1.807) is 11.2 Å². The molecule has 11 heavy (non-hydrogen) atoms. The molecule has 0 saturated carbocycles. The largest absolute Gasteiger partial charge is 0.479 e. The first kappa shape index (κ1) is 8.00. The molecule has 0 fully saturated rings. The summed E-state index contributed by atoms with van der Waals surface area (Å²) in [5.41, 5.74) is 0. The highest BCUT2D eigenvalue weighted by molar-refractivity contribution is 5.73. The van der Waals surface area contributed by atoms with Crippen molar-refractivity contribution < 1.29 is 15.0 Å². The molecule has 0 aromatic rings. The second-order valence-corrected chi connectivity index (χ2v) is 2.37. The van der Waals surface area contributed by atoms with Crippen LogP contribution in [0.5, 0.6) is 0 Å². The molecular weight excluding hydrogens is 148 g/mol. The summed E-state index contributed by atoms with van der Waals surface area (Å²) in [5.74, 6) is -1.19. The van der Waals surface area contributed by atoms with Crippen LogP contribution >= 0.6 is 0 Å². The lowest BCUT2D eigenvalue weighted by Gasteiger charge is -2.15. The van der Waals surface area contributed by atoms with Crippen molar-refractivity contribution in [2.24, 2.45) is 4.99 Å². The SMILES string of the molecule is O=C(O)C(O)CN1C=NCC1. The van der Waals surface area contributed by atoms with Gasteiger partial charge in [-0.05, 0) is 0 Å². The first-order valence-corrected chi connectivity index (χ1v) is 3.35. The Balaban J connectivity index is 2.29. The standard InChI is InChI=1S/C6H10N2O3/c9-5(6(10)11)3-8-2-1-7-4-8/h4-5,9H,1-3H2,(H,10,11). The summed E-state index contributed by atoms with van der Waals surface area (Å²) in [6.07, 6.45) is 0.256. The smallest absolute Gasteiger partial charge is 0.334 e. The number of aliphatic imine (C=N–C) groups is 1. The Bertz CT molecular complexity index is 181. The summed E-state index contributed by atoms with van der Waals surface area (Å²) in [4.78, 5) is 15.7. The highest BCUT2D eigenvalue weighted by Gasteiger charge is 2.17. The third-order valence-corrected chi connectivity index (χ3v) is 1.45. The maximum absolute atomic E-state index is 10.2. The molecule has 0 bridgehead atoms. The summed E-state index contributed by atoms with van der Waals surface area (Å²) < 4.78 is 0. The molecule has 0 saturated heterocycles. The molecule has 1 aliphatic heterocycles. The monoisotopic (exact) mass is 158 g/mol. The molecule has 1 heterocycles. The number of carbonyl (C=O) groups is 1. The Kier molecular flexibility index (Phi) is 2.43. The molecule has 1 atom stereocenters. The van der Waals surface area contributed by atoms with Crippen LogP contribution in [-0.2, 0) is 4.79 Å². The van der Waals surface area contributed by atoms with Crippen LogP contribution in [0.3, 0.4) is 0 Å². The fraction of sp³-hybridized carbons (Fsp3) is 0.667. The fourth-order valence-corrected chi connectivity index (χ4v) is 0.856. The van der Waals surface area contributed by atoms with E-state index >= 15 is 0 Å². The van der Waals surface area contributed by atoms with Gasteiger partial charge in [0, 0.05) is 6.54 Å². The van der Waals surface area contributed by atoms with Gasteiger partial charge < -0.3 is 15.1 Å². The van der Waals surface area contributed by atoms with Crippen LogP contribution in [0.25, 0.3) is 0 Å². The quantitative estimate of drug-likeness (QED) is 0.539. The van der Waals surface area contributed by atoms with Crippen LogP contribution in [-0.4, -0.2) is 53.2 Å². The molecule has 5 heteroatoms. The number of nitrogens with zero attached hydrogens (tertiary/aromatic N) is 2. The Morgan fingerprint density at radius 2 is 2.55 bits per heavy atom. The summed E-state index contributed by atoms with van der Waals surface area (Å²) in [6, 6.07) is 0. The third kappa shape index (κ3) is 2.19. The van der Waals surface area contributed by atoms with Crippen molar-refractivity contribution in [2.75, 3.05) is 19.6 Å². The van der Waals surface area contributed by atoms with Crippen molar-refractivity contribution >= 4 is 12.3 Å². The number of aliphatic hydroxyl groups excluding tert-OH is 1. The topological polar surface area (TPSA) is 73.1 Å². The summed E-state index contributed by atoms with van der Waals surface area (Å²) in [5, 5.41) is 17.2. The van der Waals surface area contributed by atoms with Crippen LogP contribution in [0.2, 0.25) is 0 Å². The van der Waals surface area contributed by atoms with E-state index in [1.807, 2.05) is 0 Å². The molecule has 0 aliphatic carbocycles. The first-order valence-electron chi connectivity index (χ1n) is 3.35. The van der Waals surface area contributed by atoms with Crippen molar-refractivity contribution in [3.05, 3.63) is 0 Å². The van der Waals surface area contributed by atoms with Gasteiger partial charge in [-0.3, -0.25) is 4.99 Å². The highest BCUT2D eigenvalue weighted by Crippen LogP contribution is 1.95. The molecule has 1 unspecified atom stereocenters. The molecule has 0 aromatic heterocycles. The number of hydrogen-bond donors (Lipinski definition) is 2. The average molecular weight is 158 g/mol. The van der Waals surface area contributed by atoms with Crippen LogP contribution in [0.1, 0.15) is 0 Å². The Hall–Kier alpha value is -1.10. The van der Waals surface area contributed by atoms with E-state index in [4.69, 9.17) is 10.2 Å². The van der Waals surface area contributed by atoms with E-state index in [0.29, 0.717) is 13.1 Å². The van der Waals surface area contributed by atoms with Gasteiger partial charge in [-0.1, -0.05) is 0 Å². The maximum Gasteiger partial charge on any atom is 0.334 e. The van der Waals surface area contributed by atoms with Gasteiger partial charge in [0.25, 0.3) is 0 Å². The summed E-state index contributed by atoms with van der Waals surface area (Å²) in [7, 11) is 0. The number of aliphatic carboxylic acids is 1. The van der Waals surface area contributed by atoms with Gasteiger partial charge in [0.05, 0.1) is 19.4 Å². The minimum absolute atomic E-state index is 0.124. The van der Waals surface area contributed by atoms with Crippen molar-refractivity contribution in [2.45, 2.75) is 6.10 Å². The van der Waals surface area contributed by atoms with Gasteiger partial charge in [-0.2, -0.15) is 0 Å². The molecule has 0 spiro atoms. The fourth-order valence-electron chi connectivity index (χ4n) is 0.856. The molecule has 2 N–H and O–H groups in total. The van der Waals surface area contributed by atoms with Gasteiger partial charge in [0.1, 0.15) is 0 Å². The molecule has 5 nitrogen and oxygen atoms in total. The first-order chi connectivity index (χ1) is 5.20. The van der Waals surface area contributed by atoms with Gasteiger partial charge in [0.15, 0.2) is 6.10 Å². The van der Waals surface area contributed by atoms with E-state index in [2.05, 4.69) is 4.99 Å². The number of carboxylic acid groups (broad SMARTS) is 1. The second kappa shape index (κ2) is 3.34. The number of β-amino-alcohol motifs (C(OH)–C–C–N with tert-alkyl or cyclic N) is 1. The zero-order valence-corrected chi connectivity index (χ0v) is 5.97. The molecular formula is C6H10N2O3. The second-order valence-electron chi connectivity index (χ2n) is 2.37. The van der Waals surface area contributed by atoms with Crippen molar-refractivity contribution in [1.82, 2.24) is 4.90 Å². The number of hydrogen-bond acceptors (Lipinski definition) is 4. The molecule has 0 aromatic carbocycles. The predicted octanol–water partition coefficient (Wildman–Crippen LogP) is -1.22. The minimum atomic E-state index is -1.31. The third-order valence-electron chi connectivity index (χ3n) is 1.45. The Labute approximate surface area is 64.0 Å². The lowest BCUT2D eigenvalue weighted by Crippen LogP contribution is -2.35. The number of aliphatic hydroxyl groups is 1. The maximum atomic E-state index is 10.2. The molecule has 0 radical (unpaired) electrons. The van der Waals surface area contributed by atoms with E-state index in [0.717, 1.165) is 0 Å². The van der Waals surface area contributed by atoms with Gasteiger partial charge >= 0.3 is 5.97 Å². The lowest BCUT2D eigenvalue weighted by atomic mass is 10.3. The van der Waals surface area contributed by atoms with E-state index in [9.17, 15) is 4.79 Å². The molecule has 1 aliphatic rings. The van der Waals surface area contributed by atoms with Crippen molar-refractivity contribution in [1.29, 1.82) is 0 Å². The van der Waals surface area contributed by atoms with Crippen molar-refractivity contribution in [3.8, 4) is 0 Å². The highest BCUT2D eigenvalue weighted by atomic mass is 16.4. The summed E-state index contributed by atoms with van der Waals surface area (Å²) >= 11 is 0. The lowest BCUT2D eigenvalue weighted by molar-refractivity contribution is -0.147. The molecule has 62 valence electrons. The van der Waals surface area contributed by atoms with Gasteiger partial charge in [0.2, 0.25) is 0 Å². The Morgan fingerprint density at radius 3 is 3.00 bits per heavy atom. The van der Waals surface area contributed by atoms with Crippen molar-refractivity contribution in [3.63, 3.8) is 0 Å². The van der Waals surface area contributed by atoms with E-state index in [-0.39, 0.29) is 6.54 Å². The van der Waals surface area contributed by atoms with E-state index < -0.39 is 12.1 Å². The number of carboxylic acids is 1. The number of rotatable bonds is 3. The molecule has 1 rings (SSSR count). The normalized spacial score (nSPS) is 18.8. The Morgan fingerprint density at radius 1 is 1.82 bits per heavy atom. The van der Waals surface area contributed by atoms with Crippen LogP contribution in [0.4, 0.5) is 0 Å². The van der Waals surface area contributed by atoms with Crippen LogP contribution < -0.4 is 0 Å². The van der Waals surface area contributed by atoms with Crippen LogP contribution in [0, 0.1) is 0 Å². The average Bonchev–Trinajstić information content (AvgIpc) is 2.39. The minimum Gasteiger partial charge on any atom is -0.479 e. The molecule has 0 amide bonds.